The van der Waals surface area contributed by atoms with Crippen LogP contribution in [0.4, 0.5) is 0 Å². The van der Waals surface area contributed by atoms with Crippen LogP contribution in [0.5, 0.6) is 0 Å². The van der Waals surface area contributed by atoms with Gasteiger partial charge in [-0.3, -0.25) is 4.79 Å². The molecule has 1 atom stereocenters. The zero-order valence-electron chi connectivity index (χ0n) is 11.0. The fraction of sp³-hybridized carbons (Fsp3) is 0.500. The Kier molecular flexibility index (Phi) is 7.48. The molecule has 0 aliphatic carbocycles. The summed E-state index contributed by atoms with van der Waals surface area (Å²) >= 11 is 6.03. The van der Waals surface area contributed by atoms with Crippen LogP contribution in [0.15, 0.2) is 24.3 Å². The number of hydrogen-bond donors (Lipinski definition) is 1. The molecule has 4 nitrogen and oxygen atoms in total. The lowest BCUT2D eigenvalue weighted by Crippen LogP contribution is -2.19. The molecule has 0 fully saturated rings. The third-order valence-electron chi connectivity index (χ3n) is 2.82. The van der Waals surface area contributed by atoms with E-state index >= 15 is 0 Å². The van der Waals surface area contributed by atoms with Crippen LogP contribution in [0.25, 0.3) is 0 Å². The van der Waals surface area contributed by atoms with E-state index < -0.39 is 11.9 Å². The van der Waals surface area contributed by atoms with Crippen LogP contribution in [0.1, 0.15) is 12.0 Å². The van der Waals surface area contributed by atoms with Crippen molar-refractivity contribution in [1.82, 2.24) is 0 Å². The normalized spacial score (nSPS) is 12.3. The summed E-state index contributed by atoms with van der Waals surface area (Å²) in [4.78, 5) is 11.2. The highest BCUT2D eigenvalue weighted by Crippen LogP contribution is 2.20. The van der Waals surface area contributed by atoms with E-state index in [1.54, 1.807) is 13.2 Å². The van der Waals surface area contributed by atoms with Gasteiger partial charge in [0, 0.05) is 18.7 Å². The van der Waals surface area contributed by atoms with Gasteiger partial charge in [-0.1, -0.05) is 29.8 Å². The number of ether oxygens (including phenoxy) is 2. The van der Waals surface area contributed by atoms with Gasteiger partial charge in [-0.05, 0) is 24.5 Å². The second-order valence-corrected chi connectivity index (χ2v) is 4.63. The molecule has 1 aromatic carbocycles. The lowest BCUT2D eigenvalue weighted by molar-refractivity contribution is -0.142. The van der Waals surface area contributed by atoms with E-state index in [1.807, 2.05) is 18.2 Å². The van der Waals surface area contributed by atoms with E-state index in [1.165, 1.54) is 0 Å². The van der Waals surface area contributed by atoms with Crippen molar-refractivity contribution in [1.29, 1.82) is 0 Å². The topological polar surface area (TPSA) is 55.8 Å². The summed E-state index contributed by atoms with van der Waals surface area (Å²) in [5, 5.41) is 9.81. The molecule has 0 saturated carbocycles. The molecule has 19 heavy (non-hydrogen) atoms. The van der Waals surface area contributed by atoms with E-state index in [0.717, 1.165) is 5.56 Å². The van der Waals surface area contributed by atoms with Crippen molar-refractivity contribution in [3.8, 4) is 0 Å². The van der Waals surface area contributed by atoms with Crippen molar-refractivity contribution < 1.29 is 19.4 Å². The molecule has 1 rings (SSSR count). The summed E-state index contributed by atoms with van der Waals surface area (Å²) in [7, 11) is 1.60. The van der Waals surface area contributed by atoms with Crippen molar-refractivity contribution in [3.63, 3.8) is 0 Å². The van der Waals surface area contributed by atoms with Crippen LogP contribution in [-0.2, 0) is 20.7 Å². The Balaban J connectivity index is 2.45. The Morgan fingerprint density at radius 2 is 2.05 bits per heavy atom. The summed E-state index contributed by atoms with van der Waals surface area (Å²) in [5.41, 5.74) is 0.855. The van der Waals surface area contributed by atoms with Gasteiger partial charge in [0.2, 0.25) is 0 Å². The van der Waals surface area contributed by atoms with Crippen LogP contribution in [0.3, 0.4) is 0 Å². The second-order valence-electron chi connectivity index (χ2n) is 4.22. The van der Waals surface area contributed by atoms with E-state index in [-0.39, 0.29) is 0 Å². The molecular formula is C14H19ClO4. The van der Waals surface area contributed by atoms with Crippen LogP contribution < -0.4 is 0 Å². The Labute approximate surface area is 118 Å². The fourth-order valence-corrected chi connectivity index (χ4v) is 1.93. The molecule has 0 aromatic heterocycles. The van der Waals surface area contributed by atoms with Crippen LogP contribution in [0, 0.1) is 5.92 Å². The van der Waals surface area contributed by atoms with Gasteiger partial charge in [0.05, 0.1) is 19.1 Å². The summed E-state index contributed by atoms with van der Waals surface area (Å²) in [5.74, 6) is -1.31. The molecule has 106 valence electrons. The minimum Gasteiger partial charge on any atom is -0.481 e. The van der Waals surface area contributed by atoms with Gasteiger partial charge in [-0.15, -0.1) is 0 Å². The third kappa shape index (κ3) is 6.05. The molecule has 1 unspecified atom stereocenters. The Hall–Kier alpha value is -1.10. The molecule has 5 heteroatoms. The molecule has 1 N–H and O–H groups in total. The minimum absolute atomic E-state index is 0.408. The number of rotatable bonds is 9. The van der Waals surface area contributed by atoms with Crippen LogP contribution in [-0.4, -0.2) is 38.0 Å². The molecule has 0 aliphatic rings. The molecule has 0 saturated heterocycles. The zero-order chi connectivity index (χ0) is 14.1. The zero-order valence-corrected chi connectivity index (χ0v) is 11.7. The molecule has 0 spiro atoms. The van der Waals surface area contributed by atoms with Crippen molar-refractivity contribution in [2.24, 2.45) is 5.92 Å². The van der Waals surface area contributed by atoms with E-state index in [0.29, 0.717) is 37.7 Å². The number of benzene rings is 1. The van der Waals surface area contributed by atoms with Crippen molar-refractivity contribution in [2.75, 3.05) is 26.9 Å². The quantitative estimate of drug-likeness (QED) is 0.709. The number of methoxy groups -OCH3 is 1. The maximum absolute atomic E-state index is 11.2. The van der Waals surface area contributed by atoms with Crippen LogP contribution >= 0.6 is 11.6 Å². The first kappa shape index (κ1) is 16.0. The van der Waals surface area contributed by atoms with Gasteiger partial charge < -0.3 is 14.6 Å². The van der Waals surface area contributed by atoms with Crippen LogP contribution in [0.2, 0.25) is 5.02 Å². The number of carbonyl (C=O) groups is 1. The average Bonchev–Trinajstić information content (AvgIpc) is 2.39. The van der Waals surface area contributed by atoms with E-state index in [4.69, 9.17) is 21.1 Å². The number of carboxylic acid groups (broad SMARTS) is 1. The lowest BCUT2D eigenvalue weighted by Gasteiger charge is -2.13. The Morgan fingerprint density at radius 1 is 1.32 bits per heavy atom. The molecule has 0 bridgehead atoms. The van der Waals surface area contributed by atoms with Crippen molar-refractivity contribution in [3.05, 3.63) is 34.9 Å². The van der Waals surface area contributed by atoms with Gasteiger partial charge in [0.15, 0.2) is 0 Å². The average molecular weight is 287 g/mol. The highest BCUT2D eigenvalue weighted by molar-refractivity contribution is 6.31. The first-order valence-corrected chi connectivity index (χ1v) is 6.56. The number of aliphatic carboxylic acids is 1. The first-order chi connectivity index (χ1) is 9.15. The van der Waals surface area contributed by atoms with E-state index in [9.17, 15) is 9.90 Å². The maximum atomic E-state index is 11.2. The minimum atomic E-state index is -0.824. The van der Waals surface area contributed by atoms with Gasteiger partial charge in [-0.2, -0.15) is 0 Å². The maximum Gasteiger partial charge on any atom is 0.306 e. The molecule has 0 aliphatic heterocycles. The predicted molar refractivity (Wildman–Crippen MR) is 73.6 cm³/mol. The highest BCUT2D eigenvalue weighted by atomic mass is 35.5. The standard InChI is InChI=1S/C14H19ClO4/c1-18-8-9-19-7-6-12(14(16)17)10-11-4-2-3-5-13(11)15/h2-5,12H,6-10H2,1H3,(H,16,17). The van der Waals surface area contributed by atoms with Crippen molar-refractivity contribution in [2.45, 2.75) is 12.8 Å². The smallest absolute Gasteiger partial charge is 0.306 e. The largest absolute Gasteiger partial charge is 0.481 e. The summed E-state index contributed by atoms with van der Waals surface area (Å²) in [6, 6.07) is 7.31. The molecule has 0 radical (unpaired) electrons. The number of carboxylic acids is 1. The molecule has 1 aromatic rings. The fourth-order valence-electron chi connectivity index (χ4n) is 1.71. The summed E-state index contributed by atoms with van der Waals surface area (Å²) in [6.45, 7) is 1.40. The molecule has 0 amide bonds. The highest BCUT2D eigenvalue weighted by Gasteiger charge is 2.18. The molecular weight excluding hydrogens is 268 g/mol. The van der Waals surface area contributed by atoms with Gasteiger partial charge in [-0.25, -0.2) is 0 Å². The van der Waals surface area contributed by atoms with Gasteiger partial charge in [0.25, 0.3) is 0 Å². The Bertz CT molecular complexity index is 395. The summed E-state index contributed by atoms with van der Waals surface area (Å²) in [6.07, 6.45) is 0.882. The number of halogens is 1. The summed E-state index contributed by atoms with van der Waals surface area (Å²) < 4.78 is 10.2. The molecule has 0 heterocycles. The Morgan fingerprint density at radius 3 is 2.68 bits per heavy atom. The van der Waals surface area contributed by atoms with Gasteiger partial charge >= 0.3 is 5.97 Å². The number of hydrogen-bond acceptors (Lipinski definition) is 3. The lowest BCUT2D eigenvalue weighted by atomic mass is 9.96. The second kappa shape index (κ2) is 8.91. The van der Waals surface area contributed by atoms with Gasteiger partial charge in [0.1, 0.15) is 0 Å². The van der Waals surface area contributed by atoms with Crippen molar-refractivity contribution >= 4 is 17.6 Å². The predicted octanol–water partition coefficient (Wildman–Crippen LogP) is 2.64. The van der Waals surface area contributed by atoms with E-state index in [2.05, 4.69) is 0 Å². The first-order valence-electron chi connectivity index (χ1n) is 6.18. The SMILES string of the molecule is COCCOCCC(Cc1ccccc1Cl)C(=O)O. The third-order valence-corrected chi connectivity index (χ3v) is 3.18. The monoisotopic (exact) mass is 286 g/mol.